The van der Waals surface area contributed by atoms with Gasteiger partial charge in [0.25, 0.3) is 11.8 Å². The summed E-state index contributed by atoms with van der Waals surface area (Å²) in [4.78, 5) is 23.4. The number of alkyl halides is 3. The summed E-state index contributed by atoms with van der Waals surface area (Å²) in [5, 5.41) is 4.49. The molecule has 0 fully saturated rings. The van der Waals surface area contributed by atoms with Crippen LogP contribution in [-0.4, -0.2) is 18.4 Å². The van der Waals surface area contributed by atoms with Crippen LogP contribution in [0.4, 0.5) is 24.5 Å². The molecule has 0 saturated heterocycles. The molecule has 0 saturated carbocycles. The van der Waals surface area contributed by atoms with Crippen molar-refractivity contribution in [2.75, 3.05) is 17.2 Å². The van der Waals surface area contributed by atoms with Crippen LogP contribution in [0.1, 0.15) is 15.9 Å². The Hall–Kier alpha value is -2.74. The predicted octanol–water partition coefficient (Wildman–Crippen LogP) is 3.94. The highest BCUT2D eigenvalue weighted by Gasteiger charge is 2.33. The summed E-state index contributed by atoms with van der Waals surface area (Å²) >= 11 is 5.54. The van der Waals surface area contributed by atoms with Crippen LogP contribution in [-0.2, 0) is 11.0 Å². The Balaban J connectivity index is 1.82. The molecule has 0 aromatic heterocycles. The van der Waals surface area contributed by atoms with E-state index in [0.717, 1.165) is 12.1 Å². The van der Waals surface area contributed by atoms with Crippen molar-refractivity contribution in [2.24, 2.45) is 0 Å². The van der Waals surface area contributed by atoms with Crippen molar-refractivity contribution < 1.29 is 27.5 Å². The summed E-state index contributed by atoms with van der Waals surface area (Å²) in [6.07, 6.45) is -4.63. The van der Waals surface area contributed by atoms with Crippen LogP contribution in [0.15, 0.2) is 36.4 Å². The van der Waals surface area contributed by atoms with E-state index < -0.39 is 22.7 Å². The number of nitrogens with one attached hydrogen (secondary N) is 2. The Morgan fingerprint density at radius 1 is 1.20 bits per heavy atom. The van der Waals surface area contributed by atoms with Crippen molar-refractivity contribution in [1.82, 2.24) is 0 Å². The lowest BCUT2D eigenvalue weighted by Gasteiger charge is -2.18. The number of hydrogen-bond acceptors (Lipinski definition) is 3. The minimum atomic E-state index is -4.63. The zero-order chi connectivity index (χ0) is 18.2. The molecule has 0 radical (unpaired) electrons. The fourth-order valence-corrected chi connectivity index (χ4v) is 2.46. The van der Waals surface area contributed by atoms with Crippen LogP contribution in [0.5, 0.6) is 5.75 Å². The van der Waals surface area contributed by atoms with Crippen molar-refractivity contribution in [3.8, 4) is 5.75 Å². The molecular formula is C16H10ClF3N2O3. The van der Waals surface area contributed by atoms with Gasteiger partial charge in [0, 0.05) is 11.3 Å². The first-order valence-electron chi connectivity index (χ1n) is 6.99. The Labute approximate surface area is 144 Å². The molecule has 130 valence electrons. The highest BCUT2D eigenvalue weighted by Crippen LogP contribution is 2.36. The third-order valence-corrected chi connectivity index (χ3v) is 3.74. The number of fused-ring (bicyclic) bond motifs is 1. The van der Waals surface area contributed by atoms with Gasteiger partial charge in [0.1, 0.15) is 5.75 Å². The van der Waals surface area contributed by atoms with E-state index in [0.29, 0.717) is 11.4 Å². The largest absolute Gasteiger partial charge is 0.482 e. The first-order chi connectivity index (χ1) is 11.7. The summed E-state index contributed by atoms with van der Waals surface area (Å²) in [6.45, 7) is -0.176. The molecule has 0 unspecified atom stereocenters. The molecule has 1 heterocycles. The average Bonchev–Trinajstić information content (AvgIpc) is 2.55. The molecule has 25 heavy (non-hydrogen) atoms. The van der Waals surface area contributed by atoms with E-state index in [-0.39, 0.29) is 23.8 Å². The number of benzene rings is 2. The van der Waals surface area contributed by atoms with Crippen LogP contribution in [0, 0.1) is 0 Å². The van der Waals surface area contributed by atoms with Crippen LogP contribution in [0.25, 0.3) is 0 Å². The molecule has 9 heteroatoms. The molecule has 0 aliphatic carbocycles. The molecule has 2 aromatic carbocycles. The predicted molar refractivity (Wildman–Crippen MR) is 85.0 cm³/mol. The summed E-state index contributed by atoms with van der Waals surface area (Å²) in [5.41, 5.74) is -0.505. The molecule has 0 atom stereocenters. The normalized spacial score (nSPS) is 13.5. The minimum Gasteiger partial charge on any atom is -0.482 e. The maximum Gasteiger partial charge on any atom is 0.417 e. The molecule has 2 N–H and O–H groups in total. The average molecular weight is 371 g/mol. The molecule has 0 bridgehead atoms. The van der Waals surface area contributed by atoms with Crippen LogP contribution < -0.4 is 15.4 Å². The van der Waals surface area contributed by atoms with Crippen molar-refractivity contribution in [3.05, 3.63) is 52.5 Å². The van der Waals surface area contributed by atoms with Crippen molar-refractivity contribution in [3.63, 3.8) is 0 Å². The van der Waals surface area contributed by atoms with Crippen molar-refractivity contribution in [2.45, 2.75) is 6.18 Å². The molecule has 0 spiro atoms. The summed E-state index contributed by atoms with van der Waals surface area (Å²) < 4.78 is 43.8. The zero-order valence-corrected chi connectivity index (χ0v) is 13.2. The fraction of sp³-hybridized carbons (Fsp3) is 0.125. The minimum absolute atomic E-state index is 0.0475. The number of rotatable bonds is 2. The van der Waals surface area contributed by atoms with Crippen molar-refractivity contribution >= 4 is 34.8 Å². The van der Waals surface area contributed by atoms with Gasteiger partial charge in [0.05, 0.1) is 16.3 Å². The molecular weight excluding hydrogens is 361 g/mol. The number of carbonyl (C=O) groups excluding carboxylic acids is 2. The van der Waals surface area contributed by atoms with E-state index in [9.17, 15) is 22.8 Å². The quantitative estimate of drug-likeness (QED) is 0.841. The van der Waals surface area contributed by atoms with Crippen LogP contribution >= 0.6 is 11.6 Å². The summed E-state index contributed by atoms with van der Waals surface area (Å²) in [6, 6.07) is 7.38. The van der Waals surface area contributed by atoms with Gasteiger partial charge in [0.15, 0.2) is 6.61 Å². The van der Waals surface area contributed by atoms with Gasteiger partial charge in [-0.2, -0.15) is 13.2 Å². The molecule has 2 aromatic rings. The van der Waals surface area contributed by atoms with E-state index >= 15 is 0 Å². The van der Waals surface area contributed by atoms with Crippen molar-refractivity contribution in [1.29, 1.82) is 0 Å². The number of anilines is 2. The monoisotopic (exact) mass is 370 g/mol. The van der Waals surface area contributed by atoms with Gasteiger partial charge in [0.2, 0.25) is 0 Å². The first kappa shape index (κ1) is 17.1. The van der Waals surface area contributed by atoms with Crippen LogP contribution in [0.2, 0.25) is 5.02 Å². The first-order valence-corrected chi connectivity index (χ1v) is 7.36. The van der Waals surface area contributed by atoms with E-state index in [1.165, 1.54) is 24.3 Å². The van der Waals surface area contributed by atoms with Crippen LogP contribution in [0.3, 0.4) is 0 Å². The number of hydrogen-bond donors (Lipinski definition) is 2. The van der Waals surface area contributed by atoms with Gasteiger partial charge < -0.3 is 15.4 Å². The number of carbonyl (C=O) groups is 2. The van der Waals surface area contributed by atoms with Gasteiger partial charge >= 0.3 is 6.18 Å². The second-order valence-electron chi connectivity index (χ2n) is 5.19. The SMILES string of the molecule is O=C1COc2cc(C(=O)Nc3ccc(Cl)c(C(F)(F)F)c3)ccc2N1. The third-order valence-electron chi connectivity index (χ3n) is 3.41. The lowest BCUT2D eigenvalue weighted by molar-refractivity contribution is -0.137. The topological polar surface area (TPSA) is 67.4 Å². The van der Waals surface area contributed by atoms with Gasteiger partial charge in [-0.3, -0.25) is 9.59 Å². The van der Waals surface area contributed by atoms with E-state index in [1.54, 1.807) is 0 Å². The Bertz CT molecular complexity index is 868. The zero-order valence-electron chi connectivity index (χ0n) is 12.4. The summed E-state index contributed by atoms with van der Waals surface area (Å²) in [7, 11) is 0. The molecule has 1 aliphatic heterocycles. The van der Waals surface area contributed by atoms with E-state index in [4.69, 9.17) is 16.3 Å². The maximum absolute atomic E-state index is 12.9. The van der Waals surface area contributed by atoms with E-state index in [1.807, 2.05) is 0 Å². The molecule has 1 aliphatic rings. The third kappa shape index (κ3) is 3.69. The van der Waals surface area contributed by atoms with Gasteiger partial charge in [-0.15, -0.1) is 0 Å². The maximum atomic E-state index is 12.9. The second-order valence-corrected chi connectivity index (χ2v) is 5.60. The Kier molecular flexibility index (Phi) is 4.30. The van der Waals surface area contributed by atoms with Gasteiger partial charge in [-0.25, -0.2) is 0 Å². The molecule has 3 rings (SSSR count). The molecule has 2 amide bonds. The lowest BCUT2D eigenvalue weighted by atomic mass is 10.1. The highest BCUT2D eigenvalue weighted by atomic mass is 35.5. The van der Waals surface area contributed by atoms with Gasteiger partial charge in [-0.05, 0) is 36.4 Å². The highest BCUT2D eigenvalue weighted by molar-refractivity contribution is 6.31. The number of amides is 2. The fourth-order valence-electron chi connectivity index (χ4n) is 2.24. The van der Waals surface area contributed by atoms with Gasteiger partial charge in [-0.1, -0.05) is 11.6 Å². The smallest absolute Gasteiger partial charge is 0.417 e. The molecule has 5 nitrogen and oxygen atoms in total. The lowest BCUT2D eigenvalue weighted by Crippen LogP contribution is -2.25. The Morgan fingerprint density at radius 2 is 1.96 bits per heavy atom. The second kappa shape index (κ2) is 6.29. The number of ether oxygens (including phenoxy) is 1. The number of halogens is 4. The van der Waals surface area contributed by atoms with E-state index in [2.05, 4.69) is 10.6 Å². The standard InChI is InChI=1S/C16H10ClF3N2O3/c17-11-3-2-9(6-10(11)16(18,19)20)21-15(24)8-1-4-12-13(5-8)25-7-14(23)22-12/h1-6H,7H2,(H,21,24)(H,22,23). The summed E-state index contributed by atoms with van der Waals surface area (Å²) in [5.74, 6) is -0.636. The Morgan fingerprint density at radius 3 is 2.68 bits per heavy atom.